The molecule has 20 nitrogen and oxygen atoms in total. The predicted molar refractivity (Wildman–Crippen MR) is 243 cm³/mol. The Morgan fingerprint density at radius 3 is 1.67 bits per heavy atom. The number of hydrogen-bond donors (Lipinski definition) is 2. The summed E-state index contributed by atoms with van der Waals surface area (Å²) in [5, 5.41) is 21.2. The number of carbonyl (C=O) groups is 2. The number of anilines is 3. The van der Waals surface area contributed by atoms with Gasteiger partial charge in [-0.2, -0.15) is 24.9 Å². The minimum atomic E-state index is -1.29. The summed E-state index contributed by atoms with van der Waals surface area (Å²) in [5.41, 5.74) is 12.1. The van der Waals surface area contributed by atoms with Crippen molar-refractivity contribution in [3.05, 3.63) is 114 Å². The molecule has 0 saturated carbocycles. The number of cyclic esters (lactones) is 2. The number of fused-ring (bicyclic) bond motifs is 6. The molecule has 3 radical (unpaired) electrons. The highest BCUT2D eigenvalue weighted by molar-refractivity contribution is 5.90. The van der Waals surface area contributed by atoms with Gasteiger partial charge in [-0.25, -0.2) is 38.3 Å². The van der Waals surface area contributed by atoms with Gasteiger partial charge in [0.05, 0.1) is 63.5 Å². The molecule has 2 saturated heterocycles. The average Bonchev–Trinajstić information content (AvgIpc) is 4.14. The summed E-state index contributed by atoms with van der Waals surface area (Å²) in [6.45, 7) is 7.11. The van der Waals surface area contributed by atoms with Crippen LogP contribution in [0.15, 0.2) is 73.6 Å². The summed E-state index contributed by atoms with van der Waals surface area (Å²) < 4.78 is 65.1. The van der Waals surface area contributed by atoms with Crippen LogP contribution >= 0.6 is 0 Å². The molecule has 0 unspecified atom stereocenters. The molecule has 2 aromatic carbocycles. The van der Waals surface area contributed by atoms with Gasteiger partial charge in [-0.15, -0.1) is 0 Å². The van der Waals surface area contributed by atoms with Crippen LogP contribution in [0.2, 0.25) is 0 Å². The minimum Gasteiger partial charge on any atom is -0.485 e. The molecule has 10 rings (SSSR count). The quantitative estimate of drug-likeness (QED) is 0.122. The Labute approximate surface area is 396 Å². The van der Waals surface area contributed by atoms with E-state index >= 15 is 0 Å². The molecular formula is C45H45BF3N14O6. The first-order valence-corrected chi connectivity index (χ1v) is 20.8. The Kier molecular flexibility index (Phi) is 15.4. The molecule has 2 fully saturated rings. The van der Waals surface area contributed by atoms with Gasteiger partial charge in [-0.3, -0.25) is 18.9 Å². The van der Waals surface area contributed by atoms with Crippen molar-refractivity contribution >= 4 is 38.2 Å². The molecule has 0 aliphatic carbocycles. The molecule has 3 N–H and O–H groups in total. The van der Waals surface area contributed by atoms with E-state index in [0.29, 0.717) is 35.8 Å². The van der Waals surface area contributed by atoms with Crippen LogP contribution < -0.4 is 30.3 Å². The third-order valence-corrected chi connectivity index (χ3v) is 11.0. The molecule has 0 bridgehead atoms. The average molecular weight is 946 g/mol. The number of benzene rings is 2. The number of nitrogens with zero attached hydrogens (tertiary/aromatic N) is 12. The number of aromatic nitrogens is 8. The van der Waals surface area contributed by atoms with Gasteiger partial charge in [0.15, 0.2) is 0 Å². The number of carbonyl (C=O) groups excluding carboxylic acids is 2. The van der Waals surface area contributed by atoms with Crippen molar-refractivity contribution < 1.29 is 41.7 Å². The highest BCUT2D eigenvalue weighted by Crippen LogP contribution is 2.35. The lowest BCUT2D eigenvalue weighted by Gasteiger charge is -2.23. The van der Waals surface area contributed by atoms with E-state index < -0.39 is 42.7 Å². The second kappa shape index (κ2) is 21.2. The summed E-state index contributed by atoms with van der Waals surface area (Å²) in [6.07, 6.45) is 1.22. The Balaban J connectivity index is 0.000000184. The number of nitrogens with one attached hydrogen (secondary N) is 1. The number of amides is 2. The molecule has 6 atom stereocenters. The van der Waals surface area contributed by atoms with Crippen molar-refractivity contribution in [3.8, 4) is 35.0 Å². The molecule has 6 aromatic rings. The van der Waals surface area contributed by atoms with Crippen LogP contribution in [0.1, 0.15) is 81.1 Å². The van der Waals surface area contributed by atoms with Crippen LogP contribution in [0, 0.1) is 28.7 Å². The van der Waals surface area contributed by atoms with E-state index in [1.165, 1.54) is 37.1 Å². The molecule has 4 aliphatic heterocycles. The first kappa shape index (κ1) is 50.2. The highest BCUT2D eigenvalue weighted by Gasteiger charge is 2.40. The number of nitrogens with two attached hydrogens (primary N) is 1. The van der Waals surface area contributed by atoms with Crippen LogP contribution in [0.3, 0.4) is 0 Å². The van der Waals surface area contributed by atoms with Crippen LogP contribution in [0.25, 0.3) is 11.4 Å². The first-order chi connectivity index (χ1) is 32.3. The van der Waals surface area contributed by atoms with Gasteiger partial charge in [-0.05, 0) is 64.1 Å². The van der Waals surface area contributed by atoms with E-state index in [4.69, 9.17) is 35.2 Å². The Bertz CT molecular complexity index is 2920. The largest absolute Gasteiger partial charge is 0.485 e. The Hall–Kier alpha value is -8.25. The topological polar surface area (TPSA) is 250 Å². The van der Waals surface area contributed by atoms with E-state index in [2.05, 4.69) is 47.4 Å². The van der Waals surface area contributed by atoms with Crippen LogP contribution in [0.5, 0.6) is 11.5 Å². The molecule has 24 heteroatoms. The van der Waals surface area contributed by atoms with Crippen molar-refractivity contribution in [2.75, 3.05) is 28.3 Å². The third-order valence-electron chi connectivity index (χ3n) is 11.0. The Morgan fingerprint density at radius 1 is 0.710 bits per heavy atom. The predicted octanol–water partition coefficient (Wildman–Crippen LogP) is 6.49. The van der Waals surface area contributed by atoms with Crippen LogP contribution in [0.4, 0.5) is 40.3 Å². The normalized spacial score (nSPS) is 17.6. The highest BCUT2D eigenvalue weighted by atomic mass is 19.1. The molecule has 8 heterocycles. The molecule has 69 heavy (non-hydrogen) atoms. The van der Waals surface area contributed by atoms with Gasteiger partial charge in [-0.1, -0.05) is 7.43 Å². The summed E-state index contributed by atoms with van der Waals surface area (Å²) in [5.74, 6) is 1.85. The standard InChI is InChI=1S/C22H20FN7O3.C13H12N4O.C9H9F2N3O2.CH4.B/c1-12(23)16-9-33-22(31)30(16)19-5-6-25-21(28-19)27-13(2)20-17-10-32-18-7-14(8-24)3-4-15(18)29(17)11-26-20;1-8(15)13-11-6-18-12-4-9(5-14)2-3-10(12)17(11)7-16-13;1-5(10)6-4-16-9(15)14(6)7-2-3-12-8(11)13-7;;/h3-7,11-13,16H,9-10H2,1-2H3,(H,25,27,28);2-4,7-8H,6,15H2,1H3;2-3,5-6H,4H2,1H3;1H4;/t12-,13-,16+;8-;5-,6+;;/m000../s1. The second-order valence-electron chi connectivity index (χ2n) is 15.5. The van der Waals surface area contributed by atoms with E-state index in [1.807, 2.05) is 35.1 Å². The van der Waals surface area contributed by atoms with Crippen LogP contribution in [-0.4, -0.2) is 97.3 Å². The third kappa shape index (κ3) is 10.2. The lowest BCUT2D eigenvalue weighted by Crippen LogP contribution is -2.39. The number of hydrogen-bond acceptors (Lipinski definition) is 16. The molecular weight excluding hydrogens is 900 g/mol. The van der Waals surface area contributed by atoms with Crippen LogP contribution in [-0.2, 0) is 22.7 Å². The van der Waals surface area contributed by atoms with Crippen molar-refractivity contribution in [2.24, 2.45) is 5.73 Å². The van der Waals surface area contributed by atoms with Gasteiger partial charge in [0.2, 0.25) is 5.95 Å². The number of halogens is 3. The SMILES string of the molecule is C.C[C@H](F)[C@H]1COC(=O)N1c1ccnc(F)n1.C[C@H](N)c1ncn2c1COc1cc(C#N)ccc1-2.C[C@H](Nc1nccc(N2C(=O)OC[C@@H]2[C@H](C)F)n1)c1ncn2c1COc1cc(C#N)ccc1-2.[B]. The van der Waals surface area contributed by atoms with Gasteiger partial charge < -0.3 is 30.0 Å². The molecule has 4 aliphatic rings. The summed E-state index contributed by atoms with van der Waals surface area (Å²) >= 11 is 0. The minimum absolute atomic E-state index is 0. The number of imidazole rings is 2. The summed E-state index contributed by atoms with van der Waals surface area (Å²) in [7, 11) is 0. The lowest BCUT2D eigenvalue weighted by molar-refractivity contribution is 0.173. The Morgan fingerprint density at radius 2 is 1.19 bits per heavy atom. The zero-order valence-corrected chi connectivity index (χ0v) is 36.8. The summed E-state index contributed by atoms with van der Waals surface area (Å²) in [4.78, 5) is 49.9. The number of rotatable bonds is 8. The maximum atomic E-state index is 13.9. The maximum Gasteiger partial charge on any atom is 0.416 e. The van der Waals surface area contributed by atoms with Gasteiger partial charge >= 0.3 is 18.3 Å². The molecule has 4 aromatic heterocycles. The monoisotopic (exact) mass is 945 g/mol. The number of ether oxygens (including phenoxy) is 4. The molecule has 355 valence electrons. The fourth-order valence-electron chi connectivity index (χ4n) is 7.66. The van der Waals surface area contributed by atoms with Gasteiger partial charge in [0.1, 0.15) is 86.6 Å². The zero-order chi connectivity index (χ0) is 47.5. The fourth-order valence-corrected chi connectivity index (χ4v) is 7.66. The smallest absolute Gasteiger partial charge is 0.416 e. The van der Waals surface area contributed by atoms with E-state index in [-0.39, 0.29) is 58.7 Å². The summed E-state index contributed by atoms with van der Waals surface area (Å²) in [6, 6.07) is 15.8. The zero-order valence-electron chi connectivity index (χ0n) is 36.8. The van der Waals surface area contributed by atoms with E-state index in [9.17, 15) is 22.8 Å². The van der Waals surface area contributed by atoms with E-state index in [1.54, 1.807) is 36.9 Å². The van der Waals surface area contributed by atoms with E-state index in [0.717, 1.165) is 45.2 Å². The second-order valence-corrected chi connectivity index (χ2v) is 15.5. The molecule has 0 spiro atoms. The van der Waals surface area contributed by atoms with Crippen molar-refractivity contribution in [3.63, 3.8) is 0 Å². The number of alkyl halides is 2. The molecule has 2 amide bonds. The van der Waals surface area contributed by atoms with Crippen molar-refractivity contribution in [2.45, 2.75) is 84.8 Å². The van der Waals surface area contributed by atoms with Gasteiger partial charge in [0.25, 0.3) is 0 Å². The number of nitriles is 2. The first-order valence-electron chi connectivity index (χ1n) is 20.8. The lowest BCUT2D eigenvalue weighted by atomic mass is 10.1. The maximum absolute atomic E-state index is 13.9. The van der Waals surface area contributed by atoms with Crippen molar-refractivity contribution in [1.29, 1.82) is 10.5 Å². The van der Waals surface area contributed by atoms with Gasteiger partial charge in [0, 0.05) is 39.0 Å². The van der Waals surface area contributed by atoms with Crippen molar-refractivity contribution in [1.82, 2.24) is 39.0 Å². The fraction of sp³-hybridized carbons (Fsp3) is 0.333.